The van der Waals surface area contributed by atoms with Crippen molar-refractivity contribution in [3.05, 3.63) is 22.8 Å². The fourth-order valence-corrected chi connectivity index (χ4v) is 6.13. The van der Waals surface area contributed by atoms with Gasteiger partial charge in [0, 0.05) is 12.8 Å². The highest BCUT2D eigenvalue weighted by Crippen LogP contribution is 2.61. The van der Waals surface area contributed by atoms with Gasteiger partial charge >= 0.3 is 0 Å². The molecule has 0 saturated heterocycles. The van der Waals surface area contributed by atoms with Gasteiger partial charge in [-0.15, -0.1) is 0 Å². The minimum atomic E-state index is 0.312. The average molecular weight is 298 g/mol. The predicted molar refractivity (Wildman–Crippen MR) is 86.4 cm³/mol. The van der Waals surface area contributed by atoms with Gasteiger partial charge in [-0.25, -0.2) is 0 Å². The first-order chi connectivity index (χ1) is 10.6. The molecule has 0 spiro atoms. The third kappa shape index (κ3) is 2.14. The lowest BCUT2D eigenvalue weighted by molar-refractivity contribution is -0.121. The lowest BCUT2D eigenvalue weighted by Gasteiger charge is -2.48. The Bertz CT molecular complexity index is 595. The van der Waals surface area contributed by atoms with E-state index in [0.717, 1.165) is 25.2 Å². The van der Waals surface area contributed by atoms with Gasteiger partial charge in [-0.2, -0.15) is 0 Å². The van der Waals surface area contributed by atoms with Crippen LogP contribution in [0, 0.1) is 17.3 Å². The Morgan fingerprint density at radius 2 is 2.05 bits per heavy atom. The van der Waals surface area contributed by atoms with Gasteiger partial charge in [0.05, 0.1) is 0 Å². The molecule has 118 valence electrons. The molecule has 4 rings (SSSR count). The zero-order valence-electron chi connectivity index (χ0n) is 13.6. The average Bonchev–Trinajstić information content (AvgIpc) is 2.89. The van der Waals surface area contributed by atoms with Crippen LogP contribution in [0.5, 0.6) is 0 Å². The van der Waals surface area contributed by atoms with Gasteiger partial charge in [0.25, 0.3) is 0 Å². The zero-order chi connectivity index (χ0) is 15.3. The number of ketones is 2. The maximum absolute atomic E-state index is 11.8. The molecule has 0 N–H and O–H groups in total. The molecule has 2 nitrogen and oxygen atoms in total. The lowest BCUT2D eigenvalue weighted by atomic mass is 9.56. The van der Waals surface area contributed by atoms with Crippen LogP contribution in [0.15, 0.2) is 22.8 Å². The van der Waals surface area contributed by atoms with Crippen LogP contribution in [-0.4, -0.2) is 11.6 Å². The smallest absolute Gasteiger partial charge is 0.156 e. The van der Waals surface area contributed by atoms with Gasteiger partial charge < -0.3 is 4.79 Å². The SMILES string of the molecule is CC(=O)C[C@@]12CCC[C@H]1[C@@H]1CCC3=CC(=O)CCC3=C1CC2. The van der Waals surface area contributed by atoms with Crippen molar-refractivity contribution in [2.75, 3.05) is 0 Å². The monoisotopic (exact) mass is 298 g/mol. The van der Waals surface area contributed by atoms with Crippen LogP contribution in [0.4, 0.5) is 0 Å². The van der Waals surface area contributed by atoms with Crippen molar-refractivity contribution in [3.63, 3.8) is 0 Å². The van der Waals surface area contributed by atoms with E-state index >= 15 is 0 Å². The first-order valence-corrected chi connectivity index (χ1v) is 9.04. The second-order valence-corrected chi connectivity index (χ2v) is 8.02. The van der Waals surface area contributed by atoms with E-state index in [0.29, 0.717) is 29.3 Å². The maximum Gasteiger partial charge on any atom is 0.156 e. The van der Waals surface area contributed by atoms with E-state index in [1.807, 2.05) is 6.08 Å². The molecule has 2 fully saturated rings. The number of hydrogen-bond donors (Lipinski definition) is 0. The molecule has 0 unspecified atom stereocenters. The molecule has 0 radical (unpaired) electrons. The zero-order valence-corrected chi connectivity index (χ0v) is 13.6. The number of carbonyl (C=O) groups is 2. The van der Waals surface area contributed by atoms with Gasteiger partial charge in [-0.05, 0) is 86.3 Å². The summed E-state index contributed by atoms with van der Waals surface area (Å²) in [6, 6.07) is 0. The highest BCUT2D eigenvalue weighted by atomic mass is 16.1. The van der Waals surface area contributed by atoms with Crippen molar-refractivity contribution >= 4 is 11.6 Å². The molecule has 0 aromatic rings. The van der Waals surface area contributed by atoms with E-state index in [2.05, 4.69) is 0 Å². The number of fused-ring (bicyclic) bond motifs is 4. The predicted octanol–water partition coefficient (Wildman–Crippen LogP) is 4.54. The van der Waals surface area contributed by atoms with Crippen molar-refractivity contribution in [2.24, 2.45) is 17.3 Å². The molecule has 4 aliphatic rings. The summed E-state index contributed by atoms with van der Waals surface area (Å²) in [5.41, 5.74) is 4.88. The van der Waals surface area contributed by atoms with E-state index in [-0.39, 0.29) is 0 Å². The van der Waals surface area contributed by atoms with Gasteiger partial charge in [-0.1, -0.05) is 12.0 Å². The third-order valence-electron chi connectivity index (χ3n) is 6.86. The molecule has 0 aliphatic heterocycles. The topological polar surface area (TPSA) is 34.1 Å². The molecular weight excluding hydrogens is 272 g/mol. The molecule has 0 aromatic carbocycles. The van der Waals surface area contributed by atoms with Crippen LogP contribution >= 0.6 is 0 Å². The van der Waals surface area contributed by atoms with Gasteiger partial charge in [-0.3, -0.25) is 4.79 Å². The van der Waals surface area contributed by atoms with Crippen molar-refractivity contribution < 1.29 is 9.59 Å². The summed E-state index contributed by atoms with van der Waals surface area (Å²) in [6.45, 7) is 1.77. The number of rotatable bonds is 2. The van der Waals surface area contributed by atoms with Crippen molar-refractivity contribution in [3.8, 4) is 0 Å². The highest BCUT2D eigenvalue weighted by molar-refractivity contribution is 5.93. The second-order valence-electron chi connectivity index (χ2n) is 8.02. The van der Waals surface area contributed by atoms with Crippen molar-refractivity contribution in [2.45, 2.75) is 71.1 Å². The summed E-state index contributed by atoms with van der Waals surface area (Å²) in [6.07, 6.45) is 13.0. The molecular formula is C20H26O2. The highest BCUT2D eigenvalue weighted by Gasteiger charge is 2.51. The van der Waals surface area contributed by atoms with E-state index in [9.17, 15) is 9.59 Å². The Balaban J connectivity index is 1.70. The summed E-state index contributed by atoms with van der Waals surface area (Å²) in [5, 5.41) is 0. The maximum atomic E-state index is 11.8. The van der Waals surface area contributed by atoms with Crippen molar-refractivity contribution in [1.29, 1.82) is 0 Å². The second kappa shape index (κ2) is 5.18. The third-order valence-corrected chi connectivity index (χ3v) is 6.86. The minimum Gasteiger partial charge on any atom is -0.300 e. The van der Waals surface area contributed by atoms with Crippen LogP contribution < -0.4 is 0 Å². The molecule has 2 heteroatoms. The van der Waals surface area contributed by atoms with E-state index in [4.69, 9.17) is 0 Å². The summed E-state index contributed by atoms with van der Waals surface area (Å²) < 4.78 is 0. The molecule has 0 heterocycles. The first kappa shape index (κ1) is 14.4. The number of hydrogen-bond acceptors (Lipinski definition) is 2. The van der Waals surface area contributed by atoms with Crippen molar-refractivity contribution in [1.82, 2.24) is 0 Å². The van der Waals surface area contributed by atoms with E-state index < -0.39 is 0 Å². The largest absolute Gasteiger partial charge is 0.300 e. The van der Waals surface area contributed by atoms with Crippen LogP contribution in [0.25, 0.3) is 0 Å². The summed E-state index contributed by atoms with van der Waals surface area (Å²) in [5.74, 6) is 2.13. The number of carbonyl (C=O) groups excluding carboxylic acids is 2. The number of Topliss-reactive ketones (excluding diaryl/α,β-unsaturated/α-hetero) is 1. The van der Waals surface area contributed by atoms with Crippen LogP contribution in [0.1, 0.15) is 71.1 Å². The van der Waals surface area contributed by atoms with Gasteiger partial charge in [0.2, 0.25) is 0 Å². The van der Waals surface area contributed by atoms with Crippen LogP contribution in [0.3, 0.4) is 0 Å². The first-order valence-electron chi connectivity index (χ1n) is 9.04. The Morgan fingerprint density at radius 1 is 1.18 bits per heavy atom. The molecule has 3 atom stereocenters. The Labute approximate surface area is 133 Å². The Morgan fingerprint density at radius 3 is 2.86 bits per heavy atom. The molecule has 0 amide bonds. The summed E-state index contributed by atoms with van der Waals surface area (Å²) in [7, 11) is 0. The summed E-state index contributed by atoms with van der Waals surface area (Å²) >= 11 is 0. The normalized spacial score (nSPS) is 37.3. The molecule has 2 saturated carbocycles. The Kier molecular flexibility index (Phi) is 3.39. The summed E-state index contributed by atoms with van der Waals surface area (Å²) in [4.78, 5) is 23.5. The molecule has 0 bridgehead atoms. The lowest BCUT2D eigenvalue weighted by Crippen LogP contribution is -2.39. The van der Waals surface area contributed by atoms with Crippen LogP contribution in [0.2, 0.25) is 0 Å². The fourth-order valence-electron chi connectivity index (χ4n) is 6.13. The van der Waals surface area contributed by atoms with Gasteiger partial charge in [0.1, 0.15) is 5.78 Å². The van der Waals surface area contributed by atoms with Gasteiger partial charge in [0.15, 0.2) is 5.78 Å². The standard InChI is InChI=1S/C20H26O2/c1-13(21)12-20-9-2-3-19(20)18-6-4-14-11-15(22)5-7-16(14)17(18)8-10-20/h11,18-19H,2-10,12H2,1H3/t18-,19+,20+/m1/s1. The number of allylic oxidation sites excluding steroid dienone is 4. The molecule has 22 heavy (non-hydrogen) atoms. The molecule has 0 aromatic heterocycles. The minimum absolute atomic E-state index is 0.312. The Hall–Kier alpha value is -1.18. The van der Waals surface area contributed by atoms with E-state index in [1.165, 1.54) is 44.1 Å². The quantitative estimate of drug-likeness (QED) is 0.750. The van der Waals surface area contributed by atoms with Crippen LogP contribution in [-0.2, 0) is 9.59 Å². The van der Waals surface area contributed by atoms with E-state index in [1.54, 1.807) is 18.1 Å². The molecule has 4 aliphatic carbocycles. The fraction of sp³-hybridized carbons (Fsp3) is 0.700.